The van der Waals surface area contributed by atoms with E-state index in [1.54, 1.807) is 31.3 Å². The van der Waals surface area contributed by atoms with Gasteiger partial charge in [0.15, 0.2) is 0 Å². The summed E-state index contributed by atoms with van der Waals surface area (Å²) in [5, 5.41) is 4.97. The number of carbonyl (C=O) groups is 3. The van der Waals surface area contributed by atoms with Crippen LogP contribution < -0.4 is 20.3 Å². The van der Waals surface area contributed by atoms with Crippen molar-refractivity contribution < 1.29 is 19.1 Å². The molecule has 7 heteroatoms. The molecular weight excluding hydrogens is 334 g/mol. The van der Waals surface area contributed by atoms with E-state index in [0.717, 1.165) is 5.56 Å². The number of carbonyl (C=O) groups excluding carboxylic acids is 3. The molecule has 7 nitrogen and oxygen atoms in total. The maximum Gasteiger partial charge on any atom is 0.310 e. The van der Waals surface area contributed by atoms with Gasteiger partial charge in [-0.1, -0.05) is 42.5 Å². The third-order valence-electron chi connectivity index (χ3n) is 4.07. The van der Waals surface area contributed by atoms with E-state index in [2.05, 4.69) is 10.6 Å². The highest BCUT2D eigenvalue weighted by atomic mass is 16.5. The zero-order valence-corrected chi connectivity index (χ0v) is 14.3. The quantitative estimate of drug-likeness (QED) is 0.801. The lowest BCUT2D eigenvalue weighted by Gasteiger charge is -2.20. The number of benzene rings is 2. The van der Waals surface area contributed by atoms with E-state index in [9.17, 15) is 14.4 Å². The molecular formula is C19H19N3O4. The van der Waals surface area contributed by atoms with Gasteiger partial charge in [-0.2, -0.15) is 0 Å². The Kier molecular flexibility index (Phi) is 5.17. The van der Waals surface area contributed by atoms with Crippen LogP contribution in [0.25, 0.3) is 0 Å². The molecule has 0 saturated heterocycles. The van der Waals surface area contributed by atoms with Gasteiger partial charge in [0, 0.05) is 13.6 Å². The van der Waals surface area contributed by atoms with Crippen LogP contribution in [-0.2, 0) is 20.9 Å². The average Bonchev–Trinajstić information content (AvgIpc) is 2.79. The maximum absolute atomic E-state index is 12.5. The molecule has 0 aromatic heterocycles. The first-order valence-corrected chi connectivity index (χ1v) is 8.18. The fourth-order valence-electron chi connectivity index (χ4n) is 2.64. The molecule has 0 fully saturated rings. The van der Waals surface area contributed by atoms with Crippen molar-refractivity contribution in [1.29, 1.82) is 0 Å². The largest absolute Gasteiger partial charge is 0.489 e. The molecule has 2 N–H and O–H groups in total. The molecule has 3 rings (SSSR count). The molecule has 134 valence electrons. The summed E-state index contributed by atoms with van der Waals surface area (Å²) in [6, 6.07) is 15.4. The summed E-state index contributed by atoms with van der Waals surface area (Å²) in [4.78, 5) is 38.1. The molecule has 0 aliphatic carbocycles. The molecule has 3 amide bonds. The van der Waals surface area contributed by atoms with Gasteiger partial charge in [-0.15, -0.1) is 0 Å². The number of rotatable bonds is 3. The highest BCUT2D eigenvalue weighted by molar-refractivity contribution is 6.35. The van der Waals surface area contributed by atoms with Crippen LogP contribution in [0.2, 0.25) is 0 Å². The molecule has 0 saturated carbocycles. The van der Waals surface area contributed by atoms with Crippen LogP contribution in [-0.4, -0.2) is 37.4 Å². The van der Waals surface area contributed by atoms with Crippen LogP contribution in [0.3, 0.4) is 0 Å². The number of para-hydroxylation sites is 2. The van der Waals surface area contributed by atoms with E-state index in [-0.39, 0.29) is 19.1 Å². The molecule has 1 aliphatic rings. The van der Waals surface area contributed by atoms with Crippen LogP contribution in [0.15, 0.2) is 54.6 Å². The van der Waals surface area contributed by atoms with Crippen LogP contribution in [0.1, 0.15) is 5.56 Å². The summed E-state index contributed by atoms with van der Waals surface area (Å²) in [6.07, 6.45) is 0. The number of anilines is 1. The van der Waals surface area contributed by atoms with Crippen molar-refractivity contribution >= 4 is 23.4 Å². The van der Waals surface area contributed by atoms with E-state index >= 15 is 0 Å². The third kappa shape index (κ3) is 3.83. The Morgan fingerprint density at radius 1 is 1.08 bits per heavy atom. The van der Waals surface area contributed by atoms with Gasteiger partial charge >= 0.3 is 11.8 Å². The van der Waals surface area contributed by atoms with Gasteiger partial charge in [-0.25, -0.2) is 0 Å². The minimum atomic E-state index is -0.942. The van der Waals surface area contributed by atoms with Crippen molar-refractivity contribution in [3.63, 3.8) is 0 Å². The molecule has 26 heavy (non-hydrogen) atoms. The Hall–Kier alpha value is -3.35. The van der Waals surface area contributed by atoms with E-state index in [0.29, 0.717) is 11.4 Å². The normalized spacial score (nSPS) is 16.1. The van der Waals surface area contributed by atoms with Gasteiger partial charge < -0.3 is 20.3 Å². The maximum atomic E-state index is 12.5. The molecule has 1 atom stereocenters. The number of likely N-dealkylation sites (N-methyl/N-ethyl adjacent to an activating group) is 1. The minimum Gasteiger partial charge on any atom is -0.489 e. The van der Waals surface area contributed by atoms with Crippen molar-refractivity contribution in [1.82, 2.24) is 10.6 Å². The number of ether oxygens (including phenoxy) is 1. The third-order valence-corrected chi connectivity index (χ3v) is 4.07. The summed E-state index contributed by atoms with van der Waals surface area (Å²) in [5.41, 5.74) is 1.49. The first-order chi connectivity index (χ1) is 12.6. The minimum absolute atomic E-state index is 0.0438. The van der Waals surface area contributed by atoms with Crippen LogP contribution in [0.4, 0.5) is 5.69 Å². The number of hydrogen-bond donors (Lipinski definition) is 2. The summed E-state index contributed by atoms with van der Waals surface area (Å²) in [6.45, 7) is 0.186. The molecule has 1 heterocycles. The van der Waals surface area contributed by atoms with E-state index in [1.165, 1.54) is 4.90 Å². The predicted molar refractivity (Wildman–Crippen MR) is 95.6 cm³/mol. The van der Waals surface area contributed by atoms with E-state index in [1.807, 2.05) is 30.3 Å². The first kappa shape index (κ1) is 17.5. The molecule has 0 radical (unpaired) electrons. The monoisotopic (exact) mass is 353 g/mol. The van der Waals surface area contributed by atoms with Crippen LogP contribution in [0, 0.1) is 0 Å². The van der Waals surface area contributed by atoms with Gasteiger partial charge in [0.25, 0.3) is 5.91 Å². The Balaban J connectivity index is 1.60. The van der Waals surface area contributed by atoms with Crippen molar-refractivity contribution in [3.05, 3.63) is 60.2 Å². The van der Waals surface area contributed by atoms with Gasteiger partial charge in [-0.05, 0) is 17.7 Å². The van der Waals surface area contributed by atoms with Crippen molar-refractivity contribution in [3.8, 4) is 5.75 Å². The molecule has 0 unspecified atom stereocenters. The lowest BCUT2D eigenvalue weighted by Crippen LogP contribution is -2.52. The molecule has 1 aliphatic heterocycles. The topological polar surface area (TPSA) is 87.7 Å². The number of nitrogens with one attached hydrogen (secondary N) is 2. The predicted octanol–water partition coefficient (Wildman–Crippen LogP) is 0.843. The fraction of sp³-hybridized carbons (Fsp3) is 0.211. The lowest BCUT2D eigenvalue weighted by molar-refractivity contribution is -0.140. The molecule has 2 aromatic rings. The Bertz CT molecular complexity index is 823. The molecule has 0 bridgehead atoms. The fourth-order valence-corrected chi connectivity index (χ4v) is 2.64. The standard InChI is InChI=1S/C19H19N3O4/c1-22-15-9-5-6-10-16(15)26-12-14(19(22)25)21-18(24)17(23)20-11-13-7-3-2-4-8-13/h2-10,14H,11-12H2,1H3,(H,20,23)(H,21,24)/t14-/m0/s1. The average molecular weight is 353 g/mol. The summed E-state index contributed by atoms with van der Waals surface area (Å²) in [7, 11) is 1.60. The Morgan fingerprint density at radius 2 is 1.77 bits per heavy atom. The summed E-state index contributed by atoms with van der Waals surface area (Å²) in [5.74, 6) is -1.47. The van der Waals surface area contributed by atoms with E-state index < -0.39 is 17.9 Å². The van der Waals surface area contributed by atoms with Crippen LogP contribution in [0.5, 0.6) is 5.75 Å². The Morgan fingerprint density at radius 3 is 2.54 bits per heavy atom. The van der Waals surface area contributed by atoms with Gasteiger partial charge in [-0.3, -0.25) is 14.4 Å². The first-order valence-electron chi connectivity index (χ1n) is 8.18. The second-order valence-corrected chi connectivity index (χ2v) is 5.87. The van der Waals surface area contributed by atoms with Gasteiger partial charge in [0.1, 0.15) is 18.4 Å². The number of amides is 3. The van der Waals surface area contributed by atoms with Crippen LogP contribution >= 0.6 is 0 Å². The van der Waals surface area contributed by atoms with Crippen molar-refractivity contribution in [2.75, 3.05) is 18.6 Å². The van der Waals surface area contributed by atoms with Crippen molar-refractivity contribution in [2.45, 2.75) is 12.6 Å². The van der Waals surface area contributed by atoms with E-state index in [4.69, 9.17) is 4.74 Å². The molecule has 2 aromatic carbocycles. The number of nitrogens with zero attached hydrogens (tertiary/aromatic N) is 1. The SMILES string of the molecule is CN1C(=O)[C@@H](NC(=O)C(=O)NCc2ccccc2)COc2ccccc21. The lowest BCUT2D eigenvalue weighted by atomic mass is 10.2. The smallest absolute Gasteiger partial charge is 0.310 e. The van der Waals surface area contributed by atoms with Gasteiger partial charge in [0.05, 0.1) is 5.69 Å². The number of hydrogen-bond acceptors (Lipinski definition) is 4. The highest BCUT2D eigenvalue weighted by Crippen LogP contribution is 2.29. The zero-order valence-electron chi connectivity index (χ0n) is 14.3. The van der Waals surface area contributed by atoms with Crippen molar-refractivity contribution in [2.24, 2.45) is 0 Å². The second kappa shape index (κ2) is 7.69. The summed E-state index contributed by atoms with van der Waals surface area (Å²) < 4.78 is 5.60. The Labute approximate surface area is 150 Å². The zero-order chi connectivity index (χ0) is 18.5. The highest BCUT2D eigenvalue weighted by Gasteiger charge is 2.31. The summed E-state index contributed by atoms with van der Waals surface area (Å²) >= 11 is 0. The van der Waals surface area contributed by atoms with Gasteiger partial charge in [0.2, 0.25) is 0 Å². The second-order valence-electron chi connectivity index (χ2n) is 5.87. The number of fused-ring (bicyclic) bond motifs is 1. The molecule has 0 spiro atoms.